The molecule has 0 aromatic carbocycles. The fourth-order valence-electron chi connectivity index (χ4n) is 3.68. The Labute approximate surface area is 93.0 Å². The Balaban J connectivity index is 1.74. The summed E-state index contributed by atoms with van der Waals surface area (Å²) in [4.78, 5) is 2.70. The molecule has 0 radical (unpaired) electrons. The molecule has 3 fully saturated rings. The van der Waals surface area contributed by atoms with Crippen LogP contribution in [0.4, 0.5) is 0 Å². The van der Waals surface area contributed by atoms with Crippen LogP contribution in [0.15, 0.2) is 0 Å². The van der Waals surface area contributed by atoms with E-state index in [-0.39, 0.29) is 0 Å². The molecule has 0 aromatic rings. The van der Waals surface area contributed by atoms with Crippen LogP contribution in [0.3, 0.4) is 0 Å². The van der Waals surface area contributed by atoms with Crippen LogP contribution in [0.25, 0.3) is 0 Å². The van der Waals surface area contributed by atoms with Gasteiger partial charge in [-0.2, -0.15) is 0 Å². The molecule has 2 heteroatoms. The quantitative estimate of drug-likeness (QED) is 0.692. The summed E-state index contributed by atoms with van der Waals surface area (Å²) in [7, 11) is 0. The van der Waals surface area contributed by atoms with Gasteiger partial charge in [0.25, 0.3) is 0 Å². The van der Waals surface area contributed by atoms with E-state index in [1.807, 2.05) is 0 Å². The van der Waals surface area contributed by atoms with Gasteiger partial charge in [0.1, 0.15) is 0 Å². The Morgan fingerprint density at radius 1 is 1.13 bits per heavy atom. The minimum absolute atomic E-state index is 0.393. The van der Waals surface area contributed by atoms with Gasteiger partial charge in [-0.1, -0.05) is 6.92 Å². The average Bonchev–Trinajstić information content (AvgIpc) is 2.89. The Kier molecular flexibility index (Phi) is 2.16. The van der Waals surface area contributed by atoms with E-state index in [0.717, 1.165) is 11.8 Å². The van der Waals surface area contributed by atoms with Crippen molar-refractivity contribution >= 4 is 0 Å². The van der Waals surface area contributed by atoms with Gasteiger partial charge in [-0.05, 0) is 33.1 Å². The van der Waals surface area contributed by atoms with Gasteiger partial charge in [0, 0.05) is 30.5 Å². The van der Waals surface area contributed by atoms with Gasteiger partial charge < -0.3 is 4.74 Å². The van der Waals surface area contributed by atoms with E-state index >= 15 is 0 Å². The maximum Gasteiger partial charge on any atom is 0.0624 e. The molecule has 4 unspecified atom stereocenters. The zero-order chi connectivity index (χ0) is 10.6. The van der Waals surface area contributed by atoms with Crippen molar-refractivity contribution in [1.82, 2.24) is 4.90 Å². The average molecular weight is 209 g/mol. The summed E-state index contributed by atoms with van der Waals surface area (Å²) in [6.07, 6.45) is 5.12. The molecule has 3 aliphatic rings. The van der Waals surface area contributed by atoms with Crippen LogP contribution in [-0.2, 0) is 4.74 Å². The lowest BCUT2D eigenvalue weighted by molar-refractivity contribution is 0.0505. The zero-order valence-corrected chi connectivity index (χ0v) is 10.2. The number of ether oxygens (including phenoxy) is 1. The standard InChI is InChI=1S/C13H23NO/c1-4-13(2,3)14-7-9-10(8-14)12-6-5-11(9)15-12/h9-12H,4-8H2,1-3H3. The molecule has 0 saturated carbocycles. The predicted octanol–water partition coefficient (Wildman–Crippen LogP) is 2.28. The molecule has 0 spiro atoms. The first-order valence-electron chi connectivity index (χ1n) is 6.52. The van der Waals surface area contributed by atoms with E-state index in [4.69, 9.17) is 4.74 Å². The lowest BCUT2D eigenvalue weighted by Crippen LogP contribution is -2.43. The third-order valence-corrected chi connectivity index (χ3v) is 5.17. The van der Waals surface area contributed by atoms with Gasteiger partial charge in [0.15, 0.2) is 0 Å². The maximum absolute atomic E-state index is 6.01. The summed E-state index contributed by atoms with van der Waals surface area (Å²) in [5.41, 5.74) is 0.393. The number of likely N-dealkylation sites (tertiary alicyclic amines) is 1. The molecule has 15 heavy (non-hydrogen) atoms. The Morgan fingerprint density at radius 3 is 2.13 bits per heavy atom. The predicted molar refractivity (Wildman–Crippen MR) is 60.8 cm³/mol. The van der Waals surface area contributed by atoms with E-state index in [9.17, 15) is 0 Å². The summed E-state index contributed by atoms with van der Waals surface area (Å²) in [5.74, 6) is 1.71. The van der Waals surface area contributed by atoms with Crippen LogP contribution in [0.1, 0.15) is 40.0 Å². The van der Waals surface area contributed by atoms with Crippen molar-refractivity contribution in [2.75, 3.05) is 13.1 Å². The van der Waals surface area contributed by atoms with Gasteiger partial charge in [0.05, 0.1) is 12.2 Å². The fourth-order valence-corrected chi connectivity index (χ4v) is 3.68. The molecule has 3 heterocycles. The van der Waals surface area contributed by atoms with E-state index in [1.165, 1.54) is 32.4 Å². The summed E-state index contributed by atoms with van der Waals surface area (Å²) in [6, 6.07) is 0. The van der Waals surface area contributed by atoms with Gasteiger partial charge in [-0.3, -0.25) is 4.90 Å². The molecule has 0 aliphatic carbocycles. The van der Waals surface area contributed by atoms with Crippen molar-refractivity contribution in [3.63, 3.8) is 0 Å². The molecule has 86 valence electrons. The van der Waals surface area contributed by atoms with E-state index in [0.29, 0.717) is 17.7 Å². The van der Waals surface area contributed by atoms with Crippen LogP contribution in [0.2, 0.25) is 0 Å². The summed E-state index contributed by atoms with van der Waals surface area (Å²) < 4.78 is 6.01. The van der Waals surface area contributed by atoms with Gasteiger partial charge in [-0.25, -0.2) is 0 Å². The van der Waals surface area contributed by atoms with Crippen LogP contribution in [0, 0.1) is 11.8 Å². The minimum Gasteiger partial charge on any atom is -0.374 e. The van der Waals surface area contributed by atoms with Crippen molar-refractivity contribution < 1.29 is 4.74 Å². The first-order chi connectivity index (χ1) is 7.12. The van der Waals surface area contributed by atoms with Crippen LogP contribution < -0.4 is 0 Å². The first kappa shape index (κ1) is 10.1. The maximum atomic E-state index is 6.01. The Hall–Kier alpha value is -0.0800. The van der Waals surface area contributed by atoms with Crippen LogP contribution in [0.5, 0.6) is 0 Å². The second-order valence-electron chi connectivity index (χ2n) is 6.19. The highest BCUT2D eigenvalue weighted by Gasteiger charge is 2.54. The molecule has 4 atom stereocenters. The van der Waals surface area contributed by atoms with Crippen molar-refractivity contribution in [3.05, 3.63) is 0 Å². The first-order valence-corrected chi connectivity index (χ1v) is 6.52. The van der Waals surface area contributed by atoms with E-state index in [2.05, 4.69) is 25.7 Å². The number of fused-ring (bicyclic) bond motifs is 5. The Morgan fingerprint density at radius 2 is 1.67 bits per heavy atom. The fraction of sp³-hybridized carbons (Fsp3) is 1.00. The second-order valence-corrected chi connectivity index (χ2v) is 6.19. The minimum atomic E-state index is 0.393. The summed E-state index contributed by atoms with van der Waals surface area (Å²) >= 11 is 0. The van der Waals surface area contributed by atoms with Crippen molar-refractivity contribution in [1.29, 1.82) is 0 Å². The molecule has 3 aliphatic heterocycles. The number of nitrogens with zero attached hydrogens (tertiary/aromatic N) is 1. The summed E-state index contributed by atoms with van der Waals surface area (Å²) in [6.45, 7) is 9.65. The van der Waals surface area contributed by atoms with Gasteiger partial charge in [0.2, 0.25) is 0 Å². The van der Waals surface area contributed by atoms with Crippen molar-refractivity contribution in [2.45, 2.75) is 57.8 Å². The molecule has 2 bridgehead atoms. The lowest BCUT2D eigenvalue weighted by Gasteiger charge is -2.35. The monoisotopic (exact) mass is 209 g/mol. The molecular weight excluding hydrogens is 186 g/mol. The smallest absolute Gasteiger partial charge is 0.0624 e. The SMILES string of the molecule is CCC(C)(C)N1CC2C3CCC(O3)C2C1. The van der Waals surface area contributed by atoms with E-state index < -0.39 is 0 Å². The molecule has 0 amide bonds. The molecule has 2 nitrogen and oxygen atoms in total. The zero-order valence-electron chi connectivity index (χ0n) is 10.2. The largest absolute Gasteiger partial charge is 0.374 e. The number of rotatable bonds is 2. The van der Waals surface area contributed by atoms with Crippen molar-refractivity contribution in [3.8, 4) is 0 Å². The van der Waals surface area contributed by atoms with Crippen molar-refractivity contribution in [2.24, 2.45) is 11.8 Å². The Bertz CT molecular complexity index is 245. The highest BCUT2D eigenvalue weighted by Crippen LogP contribution is 2.48. The highest BCUT2D eigenvalue weighted by molar-refractivity contribution is 5.04. The van der Waals surface area contributed by atoms with Crippen LogP contribution >= 0.6 is 0 Å². The lowest BCUT2D eigenvalue weighted by atomic mass is 9.82. The molecule has 3 rings (SSSR count). The summed E-state index contributed by atoms with van der Waals surface area (Å²) in [5, 5.41) is 0. The molecule has 0 N–H and O–H groups in total. The molecule has 0 aromatic heterocycles. The normalized spacial score (nSPS) is 45.0. The van der Waals surface area contributed by atoms with E-state index in [1.54, 1.807) is 0 Å². The highest BCUT2D eigenvalue weighted by atomic mass is 16.5. The third kappa shape index (κ3) is 1.38. The second kappa shape index (κ2) is 3.21. The van der Waals surface area contributed by atoms with Crippen LogP contribution in [-0.4, -0.2) is 35.7 Å². The topological polar surface area (TPSA) is 12.5 Å². The number of hydrogen-bond acceptors (Lipinski definition) is 2. The van der Waals surface area contributed by atoms with Gasteiger partial charge in [-0.15, -0.1) is 0 Å². The number of hydrogen-bond donors (Lipinski definition) is 0. The molecule has 3 saturated heterocycles. The van der Waals surface area contributed by atoms with Gasteiger partial charge >= 0.3 is 0 Å². The third-order valence-electron chi connectivity index (χ3n) is 5.17. The molecular formula is C13H23NO.